The Kier molecular flexibility index (Phi) is 3.75. The van der Waals surface area contributed by atoms with Gasteiger partial charge in [-0.15, -0.1) is 0 Å². The summed E-state index contributed by atoms with van der Waals surface area (Å²) in [5.41, 5.74) is 3.53. The van der Waals surface area contributed by atoms with Crippen LogP contribution in [0.2, 0.25) is 0 Å². The minimum atomic E-state index is 0.672. The Hall–Kier alpha value is -1.40. The molecule has 17 heavy (non-hydrogen) atoms. The minimum absolute atomic E-state index is 0.672. The van der Waals surface area contributed by atoms with Crippen LogP contribution in [0, 0.1) is 12.8 Å². The molecule has 0 aromatic carbocycles. The van der Waals surface area contributed by atoms with E-state index in [1.165, 1.54) is 19.3 Å². The van der Waals surface area contributed by atoms with Gasteiger partial charge in [0.05, 0.1) is 0 Å². The highest BCUT2D eigenvalue weighted by atomic mass is 15.3. The van der Waals surface area contributed by atoms with Gasteiger partial charge in [0.15, 0.2) is 0 Å². The van der Waals surface area contributed by atoms with E-state index in [1.807, 2.05) is 6.92 Å². The van der Waals surface area contributed by atoms with Crippen molar-refractivity contribution in [3.8, 4) is 0 Å². The Labute approximate surface area is 102 Å². The summed E-state index contributed by atoms with van der Waals surface area (Å²) in [6, 6.07) is 0. The monoisotopic (exact) mass is 236 g/mol. The zero-order valence-electron chi connectivity index (χ0n) is 10.4. The summed E-state index contributed by atoms with van der Waals surface area (Å²) in [7, 11) is 2.16. The Morgan fingerprint density at radius 2 is 2.24 bits per heavy atom. The lowest BCUT2D eigenvalue weighted by atomic mass is 10.1. The van der Waals surface area contributed by atoms with Gasteiger partial charge in [-0.3, -0.25) is 0 Å². The van der Waals surface area contributed by atoms with E-state index in [4.69, 9.17) is 5.84 Å². The number of likely N-dealkylation sites (tertiary alicyclic amines) is 1. The number of anilines is 2. The predicted octanol–water partition coefficient (Wildman–Crippen LogP) is 0.434. The van der Waals surface area contributed by atoms with Crippen LogP contribution in [0.25, 0.3) is 0 Å². The van der Waals surface area contributed by atoms with Crippen molar-refractivity contribution in [3.05, 3.63) is 11.9 Å². The summed E-state index contributed by atoms with van der Waals surface area (Å²) in [6.07, 6.45) is 2.76. The molecule has 1 aliphatic heterocycles. The molecule has 0 spiro atoms. The van der Waals surface area contributed by atoms with Crippen LogP contribution in [0.3, 0.4) is 0 Å². The van der Waals surface area contributed by atoms with Crippen molar-refractivity contribution >= 4 is 11.6 Å². The van der Waals surface area contributed by atoms with E-state index in [0.717, 1.165) is 24.5 Å². The van der Waals surface area contributed by atoms with Gasteiger partial charge in [0.2, 0.25) is 0 Å². The number of nitrogen functional groups attached to an aromatic ring is 1. The second kappa shape index (κ2) is 5.29. The van der Waals surface area contributed by atoms with Crippen LogP contribution in [0.1, 0.15) is 12.0 Å². The molecule has 1 aromatic heterocycles. The van der Waals surface area contributed by atoms with E-state index in [9.17, 15) is 0 Å². The summed E-state index contributed by atoms with van der Waals surface area (Å²) in [4.78, 5) is 10.6. The first-order chi connectivity index (χ1) is 8.20. The van der Waals surface area contributed by atoms with Crippen LogP contribution in [-0.4, -0.2) is 41.5 Å². The molecule has 1 fully saturated rings. The van der Waals surface area contributed by atoms with Gasteiger partial charge in [0.25, 0.3) is 0 Å². The highest BCUT2D eigenvalue weighted by Crippen LogP contribution is 2.19. The Balaban J connectivity index is 1.95. The molecule has 1 aromatic rings. The molecule has 4 N–H and O–H groups in total. The first kappa shape index (κ1) is 12.1. The fourth-order valence-corrected chi connectivity index (χ4v) is 2.21. The molecule has 2 heterocycles. The molecular weight excluding hydrogens is 216 g/mol. The molecule has 0 bridgehead atoms. The highest BCUT2D eigenvalue weighted by Gasteiger charge is 2.19. The van der Waals surface area contributed by atoms with E-state index in [2.05, 4.69) is 32.7 Å². The van der Waals surface area contributed by atoms with Gasteiger partial charge in [0.1, 0.15) is 18.0 Å². The lowest BCUT2D eigenvalue weighted by Crippen LogP contribution is -2.20. The molecule has 0 radical (unpaired) electrons. The van der Waals surface area contributed by atoms with Crippen molar-refractivity contribution in [1.82, 2.24) is 14.9 Å². The maximum Gasteiger partial charge on any atom is 0.148 e. The normalized spacial score (nSPS) is 20.5. The molecule has 6 heteroatoms. The Morgan fingerprint density at radius 3 is 2.88 bits per heavy atom. The SMILES string of the molecule is Cc1c(NN)ncnc1NCC1CCN(C)C1. The van der Waals surface area contributed by atoms with Crippen LogP contribution in [0.15, 0.2) is 6.33 Å². The van der Waals surface area contributed by atoms with Crippen LogP contribution >= 0.6 is 0 Å². The van der Waals surface area contributed by atoms with Crippen molar-refractivity contribution in [1.29, 1.82) is 0 Å². The number of nitrogens with one attached hydrogen (secondary N) is 2. The van der Waals surface area contributed by atoms with Crippen molar-refractivity contribution in [2.45, 2.75) is 13.3 Å². The number of hydrogen-bond donors (Lipinski definition) is 3. The van der Waals surface area contributed by atoms with Gasteiger partial charge in [-0.05, 0) is 32.9 Å². The Bertz CT molecular complexity index is 380. The van der Waals surface area contributed by atoms with Crippen molar-refractivity contribution in [3.63, 3.8) is 0 Å². The number of rotatable bonds is 4. The summed E-state index contributed by atoms with van der Waals surface area (Å²) in [5.74, 6) is 7.61. The molecule has 1 unspecified atom stereocenters. The zero-order chi connectivity index (χ0) is 12.3. The first-order valence-corrected chi connectivity index (χ1v) is 5.91. The zero-order valence-corrected chi connectivity index (χ0v) is 10.4. The molecule has 2 rings (SSSR count). The van der Waals surface area contributed by atoms with Gasteiger partial charge in [-0.1, -0.05) is 0 Å². The van der Waals surface area contributed by atoms with E-state index in [-0.39, 0.29) is 0 Å². The van der Waals surface area contributed by atoms with Gasteiger partial charge >= 0.3 is 0 Å². The second-order valence-electron chi connectivity index (χ2n) is 4.64. The summed E-state index contributed by atoms with van der Waals surface area (Å²) in [6.45, 7) is 5.24. The fourth-order valence-electron chi connectivity index (χ4n) is 2.21. The standard InChI is InChI=1S/C11H20N6/c1-8-10(14-7-15-11(8)16-12)13-5-9-3-4-17(2)6-9/h7,9H,3-6,12H2,1-2H3,(H2,13,14,15,16). The molecule has 0 aliphatic carbocycles. The maximum atomic E-state index is 5.38. The maximum absolute atomic E-state index is 5.38. The summed E-state index contributed by atoms with van der Waals surface area (Å²) in [5, 5.41) is 3.38. The number of nitrogens with two attached hydrogens (primary N) is 1. The number of nitrogens with zero attached hydrogens (tertiary/aromatic N) is 3. The molecule has 1 atom stereocenters. The van der Waals surface area contributed by atoms with Crippen LogP contribution in [0.5, 0.6) is 0 Å². The van der Waals surface area contributed by atoms with Crippen molar-refractivity contribution < 1.29 is 0 Å². The van der Waals surface area contributed by atoms with Gasteiger partial charge in [0, 0.05) is 18.7 Å². The molecule has 0 saturated carbocycles. The van der Waals surface area contributed by atoms with Crippen molar-refractivity contribution in [2.24, 2.45) is 11.8 Å². The van der Waals surface area contributed by atoms with E-state index in [1.54, 1.807) is 0 Å². The lowest BCUT2D eigenvalue weighted by Gasteiger charge is -2.14. The summed E-state index contributed by atoms with van der Waals surface area (Å²) < 4.78 is 0. The molecule has 0 amide bonds. The third-order valence-corrected chi connectivity index (χ3v) is 3.27. The minimum Gasteiger partial charge on any atom is -0.369 e. The number of hydrogen-bond acceptors (Lipinski definition) is 6. The average molecular weight is 236 g/mol. The van der Waals surface area contributed by atoms with Crippen LogP contribution < -0.4 is 16.6 Å². The number of hydrazine groups is 1. The van der Waals surface area contributed by atoms with Crippen LogP contribution in [-0.2, 0) is 0 Å². The van der Waals surface area contributed by atoms with E-state index in [0.29, 0.717) is 11.7 Å². The number of aromatic nitrogens is 2. The molecule has 94 valence electrons. The molecule has 6 nitrogen and oxygen atoms in total. The summed E-state index contributed by atoms with van der Waals surface area (Å²) >= 11 is 0. The predicted molar refractivity (Wildman–Crippen MR) is 68.7 cm³/mol. The average Bonchev–Trinajstić information content (AvgIpc) is 2.74. The molecule has 1 saturated heterocycles. The second-order valence-corrected chi connectivity index (χ2v) is 4.64. The highest BCUT2D eigenvalue weighted by molar-refractivity contribution is 5.55. The lowest BCUT2D eigenvalue weighted by molar-refractivity contribution is 0.399. The van der Waals surface area contributed by atoms with Crippen LogP contribution in [0.4, 0.5) is 11.6 Å². The topological polar surface area (TPSA) is 79.1 Å². The molecule has 1 aliphatic rings. The van der Waals surface area contributed by atoms with E-state index < -0.39 is 0 Å². The largest absolute Gasteiger partial charge is 0.369 e. The first-order valence-electron chi connectivity index (χ1n) is 5.91. The van der Waals surface area contributed by atoms with E-state index >= 15 is 0 Å². The molecular formula is C11H20N6. The quantitative estimate of drug-likeness (QED) is 0.520. The fraction of sp³-hybridized carbons (Fsp3) is 0.636. The van der Waals surface area contributed by atoms with Gasteiger partial charge in [-0.2, -0.15) is 0 Å². The van der Waals surface area contributed by atoms with Gasteiger partial charge < -0.3 is 15.6 Å². The Morgan fingerprint density at radius 1 is 1.47 bits per heavy atom. The smallest absolute Gasteiger partial charge is 0.148 e. The third kappa shape index (κ3) is 2.83. The van der Waals surface area contributed by atoms with Gasteiger partial charge in [-0.25, -0.2) is 15.8 Å². The van der Waals surface area contributed by atoms with Crippen molar-refractivity contribution in [2.75, 3.05) is 37.4 Å². The third-order valence-electron chi connectivity index (χ3n) is 3.27.